The van der Waals surface area contributed by atoms with Crippen LogP contribution < -0.4 is 11.6 Å². The van der Waals surface area contributed by atoms with Gasteiger partial charge in [-0.1, -0.05) is 41.6 Å². The van der Waals surface area contributed by atoms with Crippen LogP contribution in [-0.4, -0.2) is 35.2 Å². The maximum absolute atomic E-state index is 10.2. The molecule has 8 heteroatoms. The van der Waals surface area contributed by atoms with Crippen LogP contribution in [0.25, 0.3) is 0 Å². The molecule has 0 aromatic heterocycles. The second kappa shape index (κ2) is 13.4. The van der Waals surface area contributed by atoms with Crippen LogP contribution in [0, 0.1) is 0 Å². The number of nitrogens with two attached hydrogens (primary N) is 2. The van der Waals surface area contributed by atoms with E-state index in [-0.39, 0.29) is 0 Å². The Balaban J connectivity index is 0.000000340. The third kappa shape index (κ3) is 10.5. The minimum absolute atomic E-state index is 0.331. The molecule has 2 aromatic carbocycles. The summed E-state index contributed by atoms with van der Waals surface area (Å²) >= 11 is 0. The number of benzene rings is 2. The first-order valence-electron chi connectivity index (χ1n) is 6.86. The maximum Gasteiger partial charge on any atom is 0.335 e. The van der Waals surface area contributed by atoms with E-state index >= 15 is 0 Å². The molecule has 0 unspecified atom stereocenters. The normalized spacial score (nSPS) is 9.21. The molecule has 0 aliphatic heterocycles. The summed E-state index contributed by atoms with van der Waals surface area (Å²) in [5, 5.41) is 23.1. The number of hydrogen-bond donors (Lipinski definition) is 4. The molecule has 0 saturated heterocycles. The Hall–Kier alpha value is -3.26. The number of rotatable bonds is 4. The smallest absolute Gasteiger partial charge is 0.335 e. The zero-order chi connectivity index (χ0) is 18.2. The van der Waals surface area contributed by atoms with Gasteiger partial charge in [0.05, 0.1) is 17.7 Å². The molecule has 0 fully saturated rings. The van der Waals surface area contributed by atoms with Crippen LogP contribution in [0.4, 0.5) is 0 Å². The Morgan fingerprint density at radius 1 is 0.833 bits per heavy atom. The van der Waals surface area contributed by atoms with E-state index in [2.05, 4.69) is 16.2 Å². The molecule has 0 aliphatic rings. The lowest BCUT2D eigenvalue weighted by molar-refractivity contribution is 0.0686. The molecule has 0 bridgehead atoms. The molecule has 0 aliphatic carbocycles. The van der Waals surface area contributed by atoms with Gasteiger partial charge in [-0.2, -0.15) is 5.11 Å². The fraction of sp³-hybridized carbons (Fsp3) is 0.125. The van der Waals surface area contributed by atoms with Gasteiger partial charge in [-0.05, 0) is 24.3 Å². The number of carboxylic acids is 2. The summed E-state index contributed by atoms with van der Waals surface area (Å²) < 4.78 is 0. The van der Waals surface area contributed by atoms with Gasteiger partial charge >= 0.3 is 11.9 Å². The van der Waals surface area contributed by atoms with Crippen molar-refractivity contribution in [3.05, 3.63) is 71.8 Å². The van der Waals surface area contributed by atoms with Gasteiger partial charge in [0, 0.05) is 6.54 Å². The van der Waals surface area contributed by atoms with Gasteiger partial charge in [0.1, 0.15) is 0 Å². The van der Waals surface area contributed by atoms with Crippen molar-refractivity contribution in [1.82, 2.24) is 0 Å². The molecule has 24 heavy (non-hydrogen) atoms. The SMILES string of the molecule is NCCN=NN.O=C(O)c1ccccc1.O=C(O)c1ccccc1. The summed E-state index contributed by atoms with van der Waals surface area (Å²) in [6, 6.07) is 16.6. The van der Waals surface area contributed by atoms with Crippen molar-refractivity contribution in [2.24, 2.45) is 21.9 Å². The molecule has 6 N–H and O–H groups in total. The fourth-order valence-corrected chi connectivity index (χ4v) is 1.28. The summed E-state index contributed by atoms with van der Waals surface area (Å²) in [5.74, 6) is 2.86. The highest BCUT2D eigenvalue weighted by Gasteiger charge is 1.97. The van der Waals surface area contributed by atoms with Gasteiger partial charge in [0.15, 0.2) is 0 Å². The van der Waals surface area contributed by atoms with E-state index in [0.717, 1.165) is 0 Å². The van der Waals surface area contributed by atoms with E-state index in [1.165, 1.54) is 0 Å². The molecule has 2 rings (SSSR count). The van der Waals surface area contributed by atoms with E-state index < -0.39 is 11.9 Å². The quantitative estimate of drug-likeness (QED) is 0.382. The first kappa shape index (κ1) is 20.7. The second-order valence-electron chi connectivity index (χ2n) is 4.11. The van der Waals surface area contributed by atoms with Crippen molar-refractivity contribution in [2.75, 3.05) is 13.1 Å². The molecular formula is C16H20N4O4. The number of carboxylic acid groups (broad SMARTS) is 2. The lowest BCUT2D eigenvalue weighted by Gasteiger charge is -1.88. The minimum atomic E-state index is -0.879. The van der Waals surface area contributed by atoms with E-state index in [9.17, 15) is 9.59 Å². The van der Waals surface area contributed by atoms with E-state index in [1.807, 2.05) is 0 Å². The predicted molar refractivity (Wildman–Crippen MR) is 89.8 cm³/mol. The van der Waals surface area contributed by atoms with Crippen LogP contribution >= 0.6 is 0 Å². The Kier molecular flexibility index (Phi) is 11.6. The van der Waals surface area contributed by atoms with Gasteiger partial charge in [0.2, 0.25) is 0 Å². The van der Waals surface area contributed by atoms with Gasteiger partial charge in [-0.25, -0.2) is 9.59 Å². The lowest BCUT2D eigenvalue weighted by Crippen LogP contribution is -2.01. The fourth-order valence-electron chi connectivity index (χ4n) is 1.28. The molecule has 0 radical (unpaired) electrons. The Morgan fingerprint density at radius 2 is 1.21 bits per heavy atom. The molecule has 0 amide bonds. The number of carbonyl (C=O) groups is 2. The molecule has 2 aromatic rings. The van der Waals surface area contributed by atoms with E-state index in [0.29, 0.717) is 24.2 Å². The number of nitrogens with zero attached hydrogens (tertiary/aromatic N) is 2. The molecule has 8 nitrogen and oxygen atoms in total. The van der Waals surface area contributed by atoms with Crippen LogP contribution in [0.1, 0.15) is 20.7 Å². The van der Waals surface area contributed by atoms with Gasteiger partial charge in [0.25, 0.3) is 0 Å². The minimum Gasteiger partial charge on any atom is -0.478 e. The zero-order valence-electron chi connectivity index (χ0n) is 12.9. The van der Waals surface area contributed by atoms with Gasteiger partial charge < -0.3 is 21.8 Å². The topological polar surface area (TPSA) is 151 Å². The summed E-state index contributed by atoms with van der Waals surface area (Å²) in [6.07, 6.45) is 0. The molecule has 0 atom stereocenters. The van der Waals surface area contributed by atoms with Crippen LogP contribution in [0.2, 0.25) is 0 Å². The molecule has 0 saturated carbocycles. The number of aromatic carboxylic acids is 2. The highest BCUT2D eigenvalue weighted by Crippen LogP contribution is 1.96. The molecular weight excluding hydrogens is 312 g/mol. The standard InChI is InChI=1S/2C7H6O2.C2H8N4/c2*8-7(9)6-4-2-1-3-5-6;3-1-2-5-6-4/h2*1-5H,(H,8,9);1-3H2,(H2,4,5). The molecule has 0 spiro atoms. The first-order chi connectivity index (χ1) is 11.5. The third-order valence-corrected chi connectivity index (χ3v) is 2.35. The predicted octanol–water partition coefficient (Wildman–Crippen LogP) is 2.04. The first-order valence-corrected chi connectivity index (χ1v) is 6.86. The van der Waals surface area contributed by atoms with Crippen molar-refractivity contribution in [3.63, 3.8) is 0 Å². The van der Waals surface area contributed by atoms with Crippen molar-refractivity contribution < 1.29 is 19.8 Å². The third-order valence-electron chi connectivity index (χ3n) is 2.35. The Morgan fingerprint density at radius 3 is 1.38 bits per heavy atom. The summed E-state index contributed by atoms with van der Waals surface area (Å²) in [5.41, 5.74) is 5.67. The second-order valence-corrected chi connectivity index (χ2v) is 4.11. The molecule has 0 heterocycles. The van der Waals surface area contributed by atoms with Crippen LogP contribution in [0.5, 0.6) is 0 Å². The summed E-state index contributed by atoms with van der Waals surface area (Å²) in [6.45, 7) is 1.04. The van der Waals surface area contributed by atoms with E-state index in [1.54, 1.807) is 60.7 Å². The van der Waals surface area contributed by atoms with Crippen LogP contribution in [0.15, 0.2) is 71.0 Å². The van der Waals surface area contributed by atoms with Crippen LogP contribution in [0.3, 0.4) is 0 Å². The van der Waals surface area contributed by atoms with Crippen molar-refractivity contribution in [2.45, 2.75) is 0 Å². The summed E-state index contributed by atoms with van der Waals surface area (Å²) in [7, 11) is 0. The Labute approximate surface area is 139 Å². The average Bonchev–Trinajstić information content (AvgIpc) is 2.62. The number of hydrogen-bond acceptors (Lipinski definition) is 5. The highest BCUT2D eigenvalue weighted by molar-refractivity contribution is 5.87. The highest BCUT2D eigenvalue weighted by atomic mass is 16.4. The van der Waals surface area contributed by atoms with Crippen molar-refractivity contribution in [3.8, 4) is 0 Å². The zero-order valence-corrected chi connectivity index (χ0v) is 12.9. The molecule has 128 valence electrons. The van der Waals surface area contributed by atoms with Gasteiger partial charge in [-0.15, -0.1) is 0 Å². The van der Waals surface area contributed by atoms with Crippen molar-refractivity contribution >= 4 is 11.9 Å². The van der Waals surface area contributed by atoms with Crippen LogP contribution in [-0.2, 0) is 0 Å². The van der Waals surface area contributed by atoms with Crippen molar-refractivity contribution in [1.29, 1.82) is 0 Å². The van der Waals surface area contributed by atoms with E-state index in [4.69, 9.17) is 15.9 Å². The Bertz CT molecular complexity index is 569. The average molecular weight is 332 g/mol. The maximum atomic E-state index is 10.2. The summed E-state index contributed by atoms with van der Waals surface area (Å²) in [4.78, 5) is 20.4. The largest absolute Gasteiger partial charge is 0.478 e. The lowest BCUT2D eigenvalue weighted by atomic mass is 10.2. The van der Waals surface area contributed by atoms with Gasteiger partial charge in [-0.3, -0.25) is 0 Å². The monoisotopic (exact) mass is 332 g/mol.